The summed E-state index contributed by atoms with van der Waals surface area (Å²) in [6.45, 7) is 1.02. The Morgan fingerprint density at radius 1 is 1.19 bits per heavy atom. The Morgan fingerprint density at radius 3 is 2.48 bits per heavy atom. The van der Waals surface area contributed by atoms with E-state index in [2.05, 4.69) is 10.2 Å². The molecule has 2 aliphatic rings. The van der Waals surface area contributed by atoms with Crippen LogP contribution in [-0.4, -0.2) is 64.8 Å². The number of hydrogen-bond acceptors (Lipinski definition) is 7. The van der Waals surface area contributed by atoms with E-state index < -0.39 is 6.61 Å². The van der Waals surface area contributed by atoms with E-state index in [1.165, 1.54) is 11.4 Å². The molecular formula is C21H25N7O3. The molecule has 3 aromatic heterocycles. The van der Waals surface area contributed by atoms with E-state index in [1.54, 1.807) is 17.1 Å². The van der Waals surface area contributed by atoms with Crippen molar-refractivity contribution in [3.05, 3.63) is 29.8 Å². The molecule has 0 spiro atoms. The maximum absolute atomic E-state index is 12.6. The molecule has 10 heteroatoms. The molecule has 5 heterocycles. The van der Waals surface area contributed by atoms with Crippen LogP contribution in [0.1, 0.15) is 54.6 Å². The van der Waals surface area contributed by atoms with Gasteiger partial charge in [-0.15, -0.1) is 0 Å². The molecule has 3 aromatic rings. The number of aryl methyl sites for hydroxylation is 1. The highest BCUT2D eigenvalue weighted by Crippen LogP contribution is 2.44. The third-order valence-corrected chi connectivity index (χ3v) is 6.62. The molecule has 2 fully saturated rings. The number of nitrogens with two attached hydrogens (primary N) is 1. The number of piperidine rings is 1. The predicted octanol–water partition coefficient (Wildman–Crippen LogP) is 1.14. The lowest BCUT2D eigenvalue weighted by atomic mass is 9.85. The van der Waals surface area contributed by atoms with Crippen LogP contribution in [0.15, 0.2) is 18.6 Å². The van der Waals surface area contributed by atoms with Crippen LogP contribution in [0.25, 0.3) is 16.8 Å². The van der Waals surface area contributed by atoms with Gasteiger partial charge in [0.15, 0.2) is 11.4 Å². The number of aliphatic hydroxyl groups excluding tert-OH is 1. The first kappa shape index (κ1) is 19.7. The zero-order valence-electron chi connectivity index (χ0n) is 17.5. The summed E-state index contributed by atoms with van der Waals surface area (Å²) in [7, 11) is 1.84. The summed E-state index contributed by atoms with van der Waals surface area (Å²) in [4.78, 5) is 31.5. The van der Waals surface area contributed by atoms with Crippen LogP contribution < -0.4 is 5.73 Å². The minimum atomic E-state index is -0.474. The van der Waals surface area contributed by atoms with Crippen LogP contribution in [-0.2, 0) is 11.8 Å². The molecular weight excluding hydrogens is 398 g/mol. The minimum Gasteiger partial charge on any atom is -0.387 e. The van der Waals surface area contributed by atoms with Gasteiger partial charge < -0.3 is 15.7 Å². The van der Waals surface area contributed by atoms with Gasteiger partial charge in [-0.2, -0.15) is 14.7 Å². The maximum atomic E-state index is 12.6. The van der Waals surface area contributed by atoms with Gasteiger partial charge in [-0.3, -0.25) is 14.3 Å². The van der Waals surface area contributed by atoms with Gasteiger partial charge in [-0.05, 0) is 32.6 Å². The second-order valence-electron chi connectivity index (χ2n) is 8.52. The molecule has 0 aromatic carbocycles. The quantitative estimate of drug-likeness (QED) is 0.602. The Morgan fingerprint density at radius 2 is 1.90 bits per heavy atom. The van der Waals surface area contributed by atoms with Crippen molar-refractivity contribution in [3.63, 3.8) is 0 Å². The number of ketones is 1. The molecule has 2 unspecified atom stereocenters. The second-order valence-corrected chi connectivity index (χ2v) is 8.52. The van der Waals surface area contributed by atoms with Gasteiger partial charge in [0.1, 0.15) is 12.4 Å². The summed E-state index contributed by atoms with van der Waals surface area (Å²) in [5.41, 5.74) is 9.76. The fourth-order valence-corrected chi connectivity index (χ4v) is 5.34. The molecule has 162 valence electrons. The molecule has 0 aliphatic carbocycles. The molecule has 2 bridgehead atoms. The highest BCUT2D eigenvalue weighted by Gasteiger charge is 2.44. The van der Waals surface area contributed by atoms with Gasteiger partial charge in [-0.25, -0.2) is 4.98 Å². The third-order valence-electron chi connectivity index (χ3n) is 6.62. The number of aromatic nitrogens is 5. The topological polar surface area (TPSA) is 132 Å². The molecule has 2 aliphatic heterocycles. The summed E-state index contributed by atoms with van der Waals surface area (Å²) in [6.07, 6.45) is 8.50. The normalized spacial score (nSPS) is 22.9. The van der Waals surface area contributed by atoms with E-state index in [0.717, 1.165) is 24.0 Å². The SMILES string of the molecule is CC(=O)c1c(C2CC3CCC(C2)N3C(=O)CO)nc2c(-c3cnn(C)c3)cnn2c1N. The minimum absolute atomic E-state index is 0.00286. The van der Waals surface area contributed by atoms with Crippen molar-refractivity contribution < 1.29 is 14.7 Å². The highest BCUT2D eigenvalue weighted by molar-refractivity contribution is 6.00. The summed E-state index contributed by atoms with van der Waals surface area (Å²) < 4.78 is 3.22. The Kier molecular flexibility index (Phi) is 4.54. The van der Waals surface area contributed by atoms with Crippen molar-refractivity contribution in [3.8, 4) is 11.1 Å². The van der Waals surface area contributed by atoms with Gasteiger partial charge >= 0.3 is 0 Å². The number of amides is 1. The van der Waals surface area contributed by atoms with Crippen LogP contribution >= 0.6 is 0 Å². The largest absolute Gasteiger partial charge is 0.387 e. The molecule has 1 amide bonds. The van der Waals surface area contributed by atoms with Gasteiger partial charge in [0.05, 0.1) is 23.7 Å². The van der Waals surface area contributed by atoms with Crippen LogP contribution in [0.5, 0.6) is 0 Å². The van der Waals surface area contributed by atoms with Crippen molar-refractivity contribution in [2.45, 2.75) is 50.6 Å². The first-order valence-electron chi connectivity index (χ1n) is 10.5. The molecule has 0 radical (unpaired) electrons. The fraction of sp³-hybridized carbons (Fsp3) is 0.476. The average Bonchev–Trinajstić information content (AvgIpc) is 3.42. The number of rotatable bonds is 4. The summed E-state index contributed by atoms with van der Waals surface area (Å²) >= 11 is 0. The Hall–Kier alpha value is -3.27. The highest BCUT2D eigenvalue weighted by atomic mass is 16.3. The zero-order chi connectivity index (χ0) is 21.9. The lowest BCUT2D eigenvalue weighted by molar-refractivity contribution is -0.138. The van der Waals surface area contributed by atoms with Crippen molar-refractivity contribution in [1.29, 1.82) is 0 Å². The molecule has 10 nitrogen and oxygen atoms in total. The van der Waals surface area contributed by atoms with Crippen molar-refractivity contribution in [1.82, 2.24) is 29.3 Å². The third kappa shape index (κ3) is 3.01. The maximum Gasteiger partial charge on any atom is 0.248 e. The molecule has 31 heavy (non-hydrogen) atoms. The van der Waals surface area contributed by atoms with Crippen LogP contribution in [0.3, 0.4) is 0 Å². The first-order valence-corrected chi connectivity index (χ1v) is 10.5. The van der Waals surface area contributed by atoms with Gasteiger partial charge in [0.2, 0.25) is 5.91 Å². The number of carbonyl (C=O) groups is 2. The van der Waals surface area contributed by atoms with Gasteiger partial charge in [0, 0.05) is 42.4 Å². The predicted molar refractivity (Wildman–Crippen MR) is 112 cm³/mol. The number of Topliss-reactive ketones (excluding diaryl/α,β-unsaturated/α-hetero) is 1. The fourth-order valence-electron chi connectivity index (χ4n) is 5.34. The molecule has 0 saturated carbocycles. The number of nitrogen functional groups attached to an aromatic ring is 1. The summed E-state index contributed by atoms with van der Waals surface area (Å²) in [6, 6.07) is 0.0929. The van der Waals surface area contributed by atoms with Crippen molar-refractivity contribution >= 4 is 23.2 Å². The number of anilines is 1. The van der Waals surface area contributed by atoms with E-state index in [4.69, 9.17) is 10.7 Å². The molecule has 2 saturated heterocycles. The monoisotopic (exact) mass is 423 g/mol. The van der Waals surface area contributed by atoms with Gasteiger partial charge in [-0.1, -0.05) is 0 Å². The molecule has 2 atom stereocenters. The number of hydrogen-bond donors (Lipinski definition) is 2. The first-order chi connectivity index (χ1) is 14.9. The summed E-state index contributed by atoms with van der Waals surface area (Å²) in [5.74, 6) is -0.0937. The van der Waals surface area contributed by atoms with Crippen molar-refractivity contribution in [2.24, 2.45) is 7.05 Å². The Labute approximate surface area is 178 Å². The standard InChI is InChI=1S/C21H25N7O3/c1-11(30)18-19(12-5-14-3-4-15(6-12)27(14)17(31)10-29)25-21-16(8-24-28(21)20(18)22)13-7-23-26(2)9-13/h7-9,12,14-15,29H,3-6,10,22H2,1-2H3. The van der Waals surface area contributed by atoms with Crippen LogP contribution in [0, 0.1) is 0 Å². The second kappa shape index (κ2) is 7.16. The number of nitrogens with zero attached hydrogens (tertiary/aromatic N) is 6. The Bertz CT molecular complexity index is 1180. The number of carbonyl (C=O) groups excluding carboxylic acids is 2. The Balaban J connectivity index is 1.62. The van der Waals surface area contributed by atoms with E-state index in [1.807, 2.05) is 18.1 Å². The van der Waals surface area contributed by atoms with E-state index >= 15 is 0 Å². The van der Waals surface area contributed by atoms with E-state index in [9.17, 15) is 14.7 Å². The average molecular weight is 423 g/mol. The van der Waals surface area contributed by atoms with Crippen LogP contribution in [0.2, 0.25) is 0 Å². The summed E-state index contributed by atoms with van der Waals surface area (Å²) in [5, 5.41) is 18.0. The zero-order valence-corrected chi connectivity index (χ0v) is 17.5. The lowest BCUT2D eigenvalue weighted by Gasteiger charge is -2.39. The van der Waals surface area contributed by atoms with Crippen molar-refractivity contribution in [2.75, 3.05) is 12.3 Å². The van der Waals surface area contributed by atoms with Crippen LogP contribution in [0.4, 0.5) is 5.82 Å². The van der Waals surface area contributed by atoms with E-state index in [-0.39, 0.29) is 35.5 Å². The molecule has 5 rings (SSSR count). The van der Waals surface area contributed by atoms with E-state index in [0.29, 0.717) is 29.7 Å². The number of aliphatic hydroxyl groups is 1. The molecule has 3 N–H and O–H groups in total. The smallest absolute Gasteiger partial charge is 0.248 e. The number of fused-ring (bicyclic) bond motifs is 3. The van der Waals surface area contributed by atoms with Gasteiger partial charge in [0.25, 0.3) is 0 Å². The lowest BCUT2D eigenvalue weighted by Crippen LogP contribution is -2.47.